The van der Waals surface area contributed by atoms with E-state index in [0.29, 0.717) is 0 Å². The summed E-state index contributed by atoms with van der Waals surface area (Å²) in [6.07, 6.45) is -3.22. The fourth-order valence-electron chi connectivity index (χ4n) is 3.36. The van der Waals surface area contributed by atoms with E-state index < -0.39 is 29.9 Å². The Morgan fingerprint density at radius 2 is 1.43 bits per heavy atom. The number of benzene rings is 2. The molecule has 0 unspecified atom stereocenters. The zero-order valence-electron chi connectivity index (χ0n) is 17.1. The summed E-state index contributed by atoms with van der Waals surface area (Å²) in [5, 5.41) is 4.47. The number of fused-ring (bicyclic) bond motifs is 3. The minimum Gasteiger partial charge on any atom is -0.449 e. The van der Waals surface area contributed by atoms with Gasteiger partial charge in [0, 0.05) is 5.92 Å². The molecule has 2 aromatic carbocycles. The van der Waals surface area contributed by atoms with Gasteiger partial charge in [0.1, 0.15) is 12.2 Å². The average molecular weight is 411 g/mol. The summed E-state index contributed by atoms with van der Waals surface area (Å²) in [6, 6.07) is 15.9. The molecular weight excluding hydrogens is 386 g/mol. The van der Waals surface area contributed by atoms with Crippen LogP contribution >= 0.6 is 0 Å². The van der Waals surface area contributed by atoms with Crippen molar-refractivity contribution in [2.45, 2.75) is 38.5 Å². The number of ether oxygens (including phenoxy) is 2. The molecule has 0 radical (unpaired) electrons. The predicted molar refractivity (Wildman–Crippen MR) is 111 cm³/mol. The van der Waals surface area contributed by atoms with Crippen LogP contribution < -0.4 is 16.4 Å². The van der Waals surface area contributed by atoms with Crippen LogP contribution in [-0.4, -0.2) is 36.5 Å². The third-order valence-electron chi connectivity index (χ3n) is 4.55. The van der Waals surface area contributed by atoms with Crippen molar-refractivity contribution in [3.8, 4) is 11.1 Å². The second-order valence-electron chi connectivity index (χ2n) is 7.95. The number of nitrogens with two attached hydrogens (primary N) is 1. The zero-order chi connectivity index (χ0) is 21.9. The molecule has 8 nitrogen and oxygen atoms in total. The highest BCUT2D eigenvalue weighted by Gasteiger charge is 2.30. The quantitative estimate of drug-likeness (QED) is 0.654. The minimum absolute atomic E-state index is 0.0672. The smallest absolute Gasteiger partial charge is 0.409 e. The third kappa shape index (κ3) is 4.89. The lowest BCUT2D eigenvalue weighted by atomic mass is 9.98. The van der Waals surface area contributed by atoms with Crippen LogP contribution in [0.4, 0.5) is 9.59 Å². The molecule has 3 rings (SSSR count). The van der Waals surface area contributed by atoms with Crippen LogP contribution in [0.25, 0.3) is 11.1 Å². The minimum atomic E-state index is -1.46. The SMILES string of the molecule is CC(C)(C)OC(=O)N[C@@H](NC(=O)OCC1c2ccccc2-c2ccccc21)C(N)=O. The third-order valence-corrected chi connectivity index (χ3v) is 4.55. The van der Waals surface area contributed by atoms with Gasteiger partial charge in [0.15, 0.2) is 6.17 Å². The molecule has 0 heterocycles. The first-order chi connectivity index (χ1) is 14.2. The van der Waals surface area contributed by atoms with E-state index in [4.69, 9.17) is 15.2 Å². The summed E-state index contributed by atoms with van der Waals surface area (Å²) in [5.74, 6) is -1.08. The summed E-state index contributed by atoms with van der Waals surface area (Å²) in [7, 11) is 0. The fourth-order valence-corrected chi connectivity index (χ4v) is 3.36. The Morgan fingerprint density at radius 3 is 1.93 bits per heavy atom. The Hall–Kier alpha value is -3.55. The van der Waals surface area contributed by atoms with Crippen LogP contribution in [0.5, 0.6) is 0 Å². The Bertz CT molecular complexity index is 922. The van der Waals surface area contributed by atoms with Crippen LogP contribution in [0.1, 0.15) is 37.8 Å². The van der Waals surface area contributed by atoms with Crippen LogP contribution in [0.15, 0.2) is 48.5 Å². The van der Waals surface area contributed by atoms with Crippen LogP contribution in [-0.2, 0) is 14.3 Å². The highest BCUT2D eigenvalue weighted by Crippen LogP contribution is 2.44. The maximum Gasteiger partial charge on any atom is 0.409 e. The summed E-state index contributed by atoms with van der Waals surface area (Å²) in [6.45, 7) is 5.08. The van der Waals surface area contributed by atoms with Crippen LogP contribution in [0.3, 0.4) is 0 Å². The second kappa shape index (κ2) is 8.44. The normalized spacial score (nSPS) is 13.6. The standard InChI is InChI=1S/C22H25N3O5/c1-22(2,3)30-21(28)25-19(18(23)26)24-20(27)29-12-17-15-10-6-4-8-13(15)14-9-5-7-11-16(14)17/h4-11,17,19H,12H2,1-3H3,(H2,23,26)(H,24,27)(H,25,28)/t19-/m1/s1. The van der Waals surface area contributed by atoms with E-state index in [2.05, 4.69) is 10.6 Å². The van der Waals surface area contributed by atoms with Gasteiger partial charge in [-0.2, -0.15) is 0 Å². The van der Waals surface area contributed by atoms with Crippen molar-refractivity contribution in [2.24, 2.45) is 5.73 Å². The maximum absolute atomic E-state index is 12.3. The lowest BCUT2D eigenvalue weighted by Gasteiger charge is -2.23. The monoisotopic (exact) mass is 411 g/mol. The van der Waals surface area contributed by atoms with E-state index >= 15 is 0 Å². The first-order valence-corrected chi connectivity index (χ1v) is 9.56. The Labute approximate surface area is 174 Å². The molecule has 158 valence electrons. The first kappa shape index (κ1) is 21.2. The maximum atomic E-state index is 12.3. The molecule has 3 amide bonds. The van der Waals surface area contributed by atoms with E-state index in [1.165, 1.54) is 0 Å². The molecule has 0 fully saturated rings. The van der Waals surface area contributed by atoms with Gasteiger partial charge in [-0.1, -0.05) is 48.5 Å². The van der Waals surface area contributed by atoms with Crippen LogP contribution in [0, 0.1) is 0 Å². The second-order valence-corrected chi connectivity index (χ2v) is 7.95. The van der Waals surface area contributed by atoms with E-state index in [9.17, 15) is 14.4 Å². The number of alkyl carbamates (subject to hydrolysis) is 2. The highest BCUT2D eigenvalue weighted by atomic mass is 16.6. The number of rotatable bonds is 5. The number of hydrogen-bond donors (Lipinski definition) is 3. The number of nitrogens with one attached hydrogen (secondary N) is 2. The Balaban J connectivity index is 1.64. The van der Waals surface area contributed by atoms with Crippen molar-refractivity contribution in [2.75, 3.05) is 6.61 Å². The Morgan fingerprint density at radius 1 is 0.933 bits per heavy atom. The van der Waals surface area contributed by atoms with Crippen molar-refractivity contribution in [1.29, 1.82) is 0 Å². The molecule has 0 aromatic heterocycles. The predicted octanol–water partition coefficient (Wildman–Crippen LogP) is 2.86. The van der Waals surface area contributed by atoms with Gasteiger partial charge >= 0.3 is 12.2 Å². The molecule has 1 aliphatic carbocycles. The molecule has 1 aliphatic rings. The molecule has 30 heavy (non-hydrogen) atoms. The van der Waals surface area contributed by atoms with Gasteiger partial charge in [-0.25, -0.2) is 9.59 Å². The summed E-state index contributed by atoms with van der Waals surface area (Å²) >= 11 is 0. The summed E-state index contributed by atoms with van der Waals surface area (Å²) in [5.41, 5.74) is 8.82. The molecule has 4 N–H and O–H groups in total. The van der Waals surface area contributed by atoms with E-state index in [1.807, 2.05) is 48.5 Å². The van der Waals surface area contributed by atoms with E-state index in [-0.39, 0.29) is 12.5 Å². The molecular formula is C22H25N3O5. The number of hydrogen-bond acceptors (Lipinski definition) is 5. The number of carbonyl (C=O) groups is 3. The average Bonchev–Trinajstić information content (AvgIpc) is 2.98. The number of amides is 3. The van der Waals surface area contributed by atoms with Gasteiger partial charge in [0.2, 0.25) is 0 Å². The van der Waals surface area contributed by atoms with Crippen molar-refractivity contribution in [3.63, 3.8) is 0 Å². The topological polar surface area (TPSA) is 120 Å². The van der Waals surface area contributed by atoms with Gasteiger partial charge in [0.05, 0.1) is 0 Å². The number of primary amides is 1. The molecule has 2 aromatic rings. The van der Waals surface area contributed by atoms with Gasteiger partial charge in [-0.3, -0.25) is 15.4 Å². The van der Waals surface area contributed by atoms with E-state index in [0.717, 1.165) is 22.3 Å². The number of carbonyl (C=O) groups excluding carboxylic acids is 3. The van der Waals surface area contributed by atoms with Crippen molar-refractivity contribution in [1.82, 2.24) is 10.6 Å². The zero-order valence-corrected chi connectivity index (χ0v) is 17.1. The fraction of sp³-hybridized carbons (Fsp3) is 0.318. The van der Waals surface area contributed by atoms with Gasteiger partial charge in [0.25, 0.3) is 5.91 Å². The van der Waals surface area contributed by atoms with Gasteiger partial charge in [-0.15, -0.1) is 0 Å². The molecule has 8 heteroatoms. The molecule has 0 spiro atoms. The largest absolute Gasteiger partial charge is 0.449 e. The van der Waals surface area contributed by atoms with Crippen molar-refractivity contribution >= 4 is 18.1 Å². The highest BCUT2D eigenvalue weighted by molar-refractivity contribution is 5.87. The van der Waals surface area contributed by atoms with Gasteiger partial charge < -0.3 is 15.2 Å². The summed E-state index contributed by atoms with van der Waals surface area (Å²) < 4.78 is 10.4. The van der Waals surface area contributed by atoms with E-state index in [1.54, 1.807) is 20.8 Å². The summed E-state index contributed by atoms with van der Waals surface area (Å²) in [4.78, 5) is 35.7. The molecule has 0 bridgehead atoms. The van der Waals surface area contributed by atoms with Crippen molar-refractivity contribution in [3.05, 3.63) is 59.7 Å². The molecule has 0 saturated heterocycles. The Kier molecular flexibility index (Phi) is 5.96. The molecule has 1 atom stereocenters. The van der Waals surface area contributed by atoms with Crippen molar-refractivity contribution < 1.29 is 23.9 Å². The first-order valence-electron chi connectivity index (χ1n) is 9.56. The molecule has 0 saturated carbocycles. The van der Waals surface area contributed by atoms with Crippen LogP contribution in [0.2, 0.25) is 0 Å². The lowest BCUT2D eigenvalue weighted by Crippen LogP contribution is -2.56. The van der Waals surface area contributed by atoms with Gasteiger partial charge in [-0.05, 0) is 43.0 Å². The lowest BCUT2D eigenvalue weighted by molar-refractivity contribution is -0.120. The molecule has 0 aliphatic heterocycles.